The molecule has 134 valence electrons. The number of halogens is 1. The zero-order valence-corrected chi connectivity index (χ0v) is 18.2. The first-order valence-electron chi connectivity index (χ1n) is 8.19. The van der Waals surface area contributed by atoms with Gasteiger partial charge in [-0.1, -0.05) is 13.8 Å². The number of thiazole rings is 1. The summed E-state index contributed by atoms with van der Waals surface area (Å²) in [5, 5.41) is 6.83. The van der Waals surface area contributed by atoms with Crippen molar-refractivity contribution in [1.82, 2.24) is 20.5 Å². The molecule has 1 heterocycles. The fraction of sp³-hybridized carbons (Fsp3) is 0.750. The molecule has 1 aromatic heterocycles. The maximum Gasteiger partial charge on any atom is 0.191 e. The highest BCUT2D eigenvalue weighted by Crippen LogP contribution is 2.11. The van der Waals surface area contributed by atoms with E-state index in [0.29, 0.717) is 6.04 Å². The van der Waals surface area contributed by atoms with E-state index in [2.05, 4.69) is 46.3 Å². The van der Waals surface area contributed by atoms with Gasteiger partial charge in [0.1, 0.15) is 0 Å². The van der Waals surface area contributed by atoms with E-state index < -0.39 is 0 Å². The summed E-state index contributed by atoms with van der Waals surface area (Å²) in [7, 11) is 1.82. The predicted octanol–water partition coefficient (Wildman–Crippen LogP) is 3.25. The third-order valence-corrected chi connectivity index (χ3v) is 4.81. The Kier molecular flexibility index (Phi) is 12.7. The average Bonchev–Trinajstić information content (AvgIpc) is 2.93. The summed E-state index contributed by atoms with van der Waals surface area (Å²) in [5.74, 6) is 0.864. The summed E-state index contributed by atoms with van der Waals surface area (Å²) < 4.78 is 0. The van der Waals surface area contributed by atoms with Crippen molar-refractivity contribution < 1.29 is 0 Å². The van der Waals surface area contributed by atoms with E-state index in [1.807, 2.05) is 19.5 Å². The lowest BCUT2D eigenvalue weighted by molar-refractivity contribution is 0.292. The Morgan fingerprint density at radius 2 is 2.09 bits per heavy atom. The molecule has 0 amide bonds. The molecule has 1 atom stereocenters. The molecule has 7 heteroatoms. The standard InChI is InChI=1S/C16H31N5S.HI/c1-6-21(7-2)10-8-9-13(3)20-16(17-5)18-11-15-14(4)19-12-22-15;/h12-13H,6-11H2,1-5H3,(H2,17,18,20);1H. The molecule has 1 rings (SSSR count). The molecule has 5 nitrogen and oxygen atoms in total. The summed E-state index contributed by atoms with van der Waals surface area (Å²) >= 11 is 1.68. The van der Waals surface area contributed by atoms with Crippen LogP contribution in [0.4, 0.5) is 0 Å². The number of hydrogen-bond donors (Lipinski definition) is 2. The van der Waals surface area contributed by atoms with Crippen molar-refractivity contribution in [2.45, 2.75) is 53.1 Å². The predicted molar refractivity (Wildman–Crippen MR) is 112 cm³/mol. The largest absolute Gasteiger partial charge is 0.354 e. The van der Waals surface area contributed by atoms with Gasteiger partial charge in [0, 0.05) is 18.0 Å². The third-order valence-electron chi connectivity index (χ3n) is 3.87. The van der Waals surface area contributed by atoms with Crippen molar-refractivity contribution in [3.05, 3.63) is 16.1 Å². The van der Waals surface area contributed by atoms with Gasteiger partial charge in [-0.2, -0.15) is 0 Å². The van der Waals surface area contributed by atoms with Gasteiger partial charge in [0.15, 0.2) is 5.96 Å². The topological polar surface area (TPSA) is 52.5 Å². The second-order valence-electron chi connectivity index (χ2n) is 5.50. The Labute approximate surface area is 162 Å². The minimum absolute atomic E-state index is 0. The number of rotatable bonds is 9. The summed E-state index contributed by atoms with van der Waals surface area (Å²) in [6, 6.07) is 0.421. The van der Waals surface area contributed by atoms with Gasteiger partial charge in [0.05, 0.1) is 17.7 Å². The molecule has 0 aromatic carbocycles. The molecule has 0 aliphatic heterocycles. The Morgan fingerprint density at radius 1 is 1.39 bits per heavy atom. The van der Waals surface area contributed by atoms with Crippen LogP contribution in [0.25, 0.3) is 0 Å². The minimum atomic E-state index is 0. The zero-order chi connectivity index (χ0) is 16.4. The van der Waals surface area contributed by atoms with E-state index in [9.17, 15) is 0 Å². The van der Waals surface area contributed by atoms with Crippen LogP contribution in [0, 0.1) is 6.92 Å². The molecule has 2 N–H and O–H groups in total. The van der Waals surface area contributed by atoms with Crippen LogP contribution in [-0.2, 0) is 6.54 Å². The van der Waals surface area contributed by atoms with Crippen LogP contribution in [0.3, 0.4) is 0 Å². The molecule has 0 aliphatic carbocycles. The van der Waals surface area contributed by atoms with Crippen LogP contribution >= 0.6 is 35.3 Å². The number of aryl methyl sites for hydroxylation is 1. The first kappa shape index (κ1) is 22.6. The Balaban J connectivity index is 0.00000484. The zero-order valence-electron chi connectivity index (χ0n) is 15.1. The van der Waals surface area contributed by atoms with Crippen molar-refractivity contribution >= 4 is 41.3 Å². The van der Waals surface area contributed by atoms with Crippen molar-refractivity contribution in [1.29, 1.82) is 0 Å². The number of hydrogen-bond acceptors (Lipinski definition) is 4. The van der Waals surface area contributed by atoms with Crippen molar-refractivity contribution in [2.24, 2.45) is 4.99 Å². The van der Waals surface area contributed by atoms with Gasteiger partial charge in [-0.3, -0.25) is 4.99 Å². The SMILES string of the molecule is CCN(CC)CCCC(C)NC(=NC)NCc1scnc1C.I. The second-order valence-corrected chi connectivity index (χ2v) is 6.44. The average molecular weight is 453 g/mol. The molecular formula is C16H32IN5S. The van der Waals surface area contributed by atoms with Crippen LogP contribution < -0.4 is 10.6 Å². The molecule has 0 radical (unpaired) electrons. The highest BCUT2D eigenvalue weighted by Gasteiger charge is 2.07. The smallest absolute Gasteiger partial charge is 0.191 e. The summed E-state index contributed by atoms with van der Waals surface area (Å²) in [6.45, 7) is 12.9. The molecule has 1 unspecified atom stereocenters. The quantitative estimate of drug-likeness (QED) is 0.343. The molecule has 23 heavy (non-hydrogen) atoms. The van der Waals surface area contributed by atoms with Gasteiger partial charge in [0.2, 0.25) is 0 Å². The first-order chi connectivity index (χ1) is 10.6. The van der Waals surface area contributed by atoms with E-state index in [0.717, 1.165) is 37.7 Å². The summed E-state index contributed by atoms with van der Waals surface area (Å²) in [4.78, 5) is 12.3. The Morgan fingerprint density at radius 3 is 2.61 bits per heavy atom. The van der Waals surface area contributed by atoms with E-state index >= 15 is 0 Å². The van der Waals surface area contributed by atoms with Gasteiger partial charge >= 0.3 is 0 Å². The number of nitrogens with zero attached hydrogens (tertiary/aromatic N) is 3. The lowest BCUT2D eigenvalue weighted by Crippen LogP contribution is -2.42. The highest BCUT2D eigenvalue weighted by atomic mass is 127. The van der Waals surface area contributed by atoms with E-state index in [1.165, 1.54) is 17.8 Å². The van der Waals surface area contributed by atoms with Gasteiger partial charge in [0.25, 0.3) is 0 Å². The van der Waals surface area contributed by atoms with Gasteiger partial charge in [-0.15, -0.1) is 35.3 Å². The minimum Gasteiger partial charge on any atom is -0.354 e. The number of nitrogens with one attached hydrogen (secondary N) is 2. The molecular weight excluding hydrogens is 421 g/mol. The number of aromatic nitrogens is 1. The molecule has 0 spiro atoms. The van der Waals surface area contributed by atoms with Crippen LogP contribution in [0.2, 0.25) is 0 Å². The van der Waals surface area contributed by atoms with E-state index in [4.69, 9.17) is 0 Å². The van der Waals surface area contributed by atoms with Crippen LogP contribution in [0.1, 0.15) is 44.2 Å². The molecule has 0 saturated carbocycles. The molecule has 0 bridgehead atoms. The van der Waals surface area contributed by atoms with Crippen molar-refractivity contribution in [3.63, 3.8) is 0 Å². The fourth-order valence-corrected chi connectivity index (χ4v) is 3.04. The maximum atomic E-state index is 4.30. The Hall–Kier alpha value is -0.410. The van der Waals surface area contributed by atoms with Crippen molar-refractivity contribution in [2.75, 3.05) is 26.7 Å². The fourth-order valence-electron chi connectivity index (χ4n) is 2.32. The summed E-state index contributed by atoms with van der Waals surface area (Å²) in [6.07, 6.45) is 2.36. The normalized spacial score (nSPS) is 12.9. The van der Waals surface area contributed by atoms with Crippen LogP contribution in [0.15, 0.2) is 10.5 Å². The highest BCUT2D eigenvalue weighted by molar-refractivity contribution is 14.0. The summed E-state index contributed by atoms with van der Waals surface area (Å²) in [5.41, 5.74) is 2.98. The molecule has 0 fully saturated rings. The molecule has 0 saturated heterocycles. The monoisotopic (exact) mass is 453 g/mol. The van der Waals surface area contributed by atoms with E-state index in [1.54, 1.807) is 11.3 Å². The number of guanidine groups is 1. The van der Waals surface area contributed by atoms with Crippen molar-refractivity contribution in [3.8, 4) is 0 Å². The van der Waals surface area contributed by atoms with Gasteiger partial charge < -0.3 is 15.5 Å². The third kappa shape index (κ3) is 8.85. The molecule has 0 aliphatic rings. The van der Waals surface area contributed by atoms with E-state index in [-0.39, 0.29) is 24.0 Å². The van der Waals surface area contributed by atoms with Gasteiger partial charge in [-0.05, 0) is 46.3 Å². The Bertz CT molecular complexity index is 445. The lowest BCUT2D eigenvalue weighted by atomic mass is 10.2. The van der Waals surface area contributed by atoms with Crippen LogP contribution in [0.5, 0.6) is 0 Å². The second kappa shape index (κ2) is 12.9. The molecule has 1 aromatic rings. The number of aliphatic imine (C=N–C) groups is 1. The first-order valence-corrected chi connectivity index (χ1v) is 9.07. The maximum absolute atomic E-state index is 4.30. The lowest BCUT2D eigenvalue weighted by Gasteiger charge is -2.21. The van der Waals surface area contributed by atoms with Crippen LogP contribution in [-0.4, -0.2) is 48.6 Å². The van der Waals surface area contributed by atoms with Gasteiger partial charge in [-0.25, -0.2) is 4.98 Å².